The van der Waals surface area contributed by atoms with Crippen molar-refractivity contribution in [1.29, 1.82) is 5.26 Å². The minimum absolute atomic E-state index is 0.217. The number of fused-ring (bicyclic) bond motifs is 3. The summed E-state index contributed by atoms with van der Waals surface area (Å²) < 4.78 is 0. The van der Waals surface area contributed by atoms with Gasteiger partial charge in [-0.2, -0.15) is 5.26 Å². The second-order valence-corrected chi connectivity index (χ2v) is 6.41. The molecule has 4 rings (SSSR count). The fraction of sp³-hybridized carbons (Fsp3) is 0.136. The van der Waals surface area contributed by atoms with Gasteiger partial charge in [-0.25, -0.2) is 0 Å². The number of hydrogen-bond acceptors (Lipinski definition) is 1. The van der Waals surface area contributed by atoms with Gasteiger partial charge in [0.15, 0.2) is 0 Å². The van der Waals surface area contributed by atoms with Gasteiger partial charge in [-0.15, -0.1) is 0 Å². The van der Waals surface area contributed by atoms with Crippen molar-refractivity contribution in [2.75, 3.05) is 0 Å². The Kier molecular flexibility index (Phi) is 2.89. The molecule has 110 valence electrons. The van der Waals surface area contributed by atoms with Gasteiger partial charge in [-0.05, 0) is 53.8 Å². The van der Waals surface area contributed by atoms with Crippen molar-refractivity contribution in [2.24, 2.45) is 0 Å². The zero-order chi connectivity index (χ0) is 16.0. The minimum atomic E-state index is -0.217. The first kappa shape index (κ1) is 13.8. The molecule has 1 nitrogen and oxygen atoms in total. The van der Waals surface area contributed by atoms with E-state index < -0.39 is 0 Å². The molecule has 0 bridgehead atoms. The van der Waals surface area contributed by atoms with Crippen LogP contribution in [0.2, 0.25) is 0 Å². The Hall–Kier alpha value is -2.85. The molecule has 0 amide bonds. The van der Waals surface area contributed by atoms with Crippen molar-refractivity contribution < 1.29 is 0 Å². The lowest BCUT2D eigenvalue weighted by molar-refractivity contribution is 0.713. The number of nitrogens with zero attached hydrogens (tertiary/aromatic N) is 1. The Morgan fingerprint density at radius 3 is 2.17 bits per heavy atom. The zero-order valence-electron chi connectivity index (χ0n) is 13.3. The first-order valence-electron chi connectivity index (χ1n) is 7.86. The molecule has 1 aliphatic rings. The van der Waals surface area contributed by atoms with Gasteiger partial charge in [0.1, 0.15) is 0 Å². The van der Waals surface area contributed by atoms with Crippen molar-refractivity contribution >= 4 is 0 Å². The maximum atomic E-state index is 9.32. The lowest BCUT2D eigenvalue weighted by atomic mass is 9.74. The van der Waals surface area contributed by atoms with Crippen LogP contribution in [0.5, 0.6) is 0 Å². The average molecular weight is 295 g/mol. The smallest absolute Gasteiger partial charge is 0.0991 e. The van der Waals surface area contributed by atoms with Gasteiger partial charge in [-0.1, -0.05) is 60.2 Å². The van der Waals surface area contributed by atoms with E-state index >= 15 is 0 Å². The number of rotatable bonds is 1. The molecule has 1 heteroatoms. The zero-order valence-corrected chi connectivity index (χ0v) is 13.3. The third-order valence-corrected chi connectivity index (χ3v) is 5.04. The topological polar surface area (TPSA) is 23.8 Å². The van der Waals surface area contributed by atoms with Crippen molar-refractivity contribution in [3.8, 4) is 17.2 Å². The second-order valence-electron chi connectivity index (χ2n) is 6.41. The summed E-state index contributed by atoms with van der Waals surface area (Å²) in [5.74, 6) is 0. The van der Waals surface area contributed by atoms with Gasteiger partial charge in [0.25, 0.3) is 0 Å². The lowest BCUT2D eigenvalue weighted by Gasteiger charge is -2.28. The van der Waals surface area contributed by atoms with Gasteiger partial charge < -0.3 is 0 Å². The van der Waals surface area contributed by atoms with E-state index in [1.807, 2.05) is 12.1 Å². The Bertz CT molecular complexity index is 947. The summed E-state index contributed by atoms with van der Waals surface area (Å²) in [4.78, 5) is 0. The highest BCUT2D eigenvalue weighted by molar-refractivity contribution is 5.84. The van der Waals surface area contributed by atoms with Crippen LogP contribution in [-0.4, -0.2) is 0 Å². The molecule has 3 aromatic rings. The summed E-state index contributed by atoms with van der Waals surface area (Å²) in [6.07, 6.45) is 0. The molecule has 0 fully saturated rings. The van der Waals surface area contributed by atoms with Gasteiger partial charge in [0, 0.05) is 5.41 Å². The molecular formula is C22H17N. The summed E-state index contributed by atoms with van der Waals surface area (Å²) in [6, 6.07) is 25.6. The monoisotopic (exact) mass is 295 g/mol. The van der Waals surface area contributed by atoms with Gasteiger partial charge >= 0.3 is 0 Å². The molecule has 1 unspecified atom stereocenters. The maximum Gasteiger partial charge on any atom is 0.0991 e. The fourth-order valence-electron chi connectivity index (χ4n) is 3.80. The van der Waals surface area contributed by atoms with Crippen LogP contribution in [-0.2, 0) is 5.41 Å². The molecule has 0 saturated carbocycles. The molecule has 3 aromatic carbocycles. The van der Waals surface area contributed by atoms with Crippen molar-refractivity contribution in [3.63, 3.8) is 0 Å². The van der Waals surface area contributed by atoms with Gasteiger partial charge in [0.05, 0.1) is 11.6 Å². The number of nitriles is 1. The molecule has 23 heavy (non-hydrogen) atoms. The van der Waals surface area contributed by atoms with E-state index in [2.05, 4.69) is 74.5 Å². The summed E-state index contributed by atoms with van der Waals surface area (Å²) in [7, 11) is 0. The van der Waals surface area contributed by atoms with E-state index in [4.69, 9.17) is 0 Å². The van der Waals surface area contributed by atoms with Crippen LogP contribution in [0.15, 0.2) is 66.7 Å². The Labute approximate surface area is 136 Å². The molecule has 0 N–H and O–H groups in total. The summed E-state index contributed by atoms with van der Waals surface area (Å²) >= 11 is 0. The van der Waals surface area contributed by atoms with Gasteiger partial charge in [-0.3, -0.25) is 0 Å². The Balaban J connectivity index is 2.11. The normalized spacial score (nSPS) is 18.1. The highest BCUT2D eigenvalue weighted by atomic mass is 14.4. The first-order chi connectivity index (χ1) is 11.1. The highest BCUT2D eigenvalue weighted by Crippen LogP contribution is 2.52. The third-order valence-electron chi connectivity index (χ3n) is 5.04. The molecule has 0 aliphatic heterocycles. The molecule has 1 atom stereocenters. The SMILES string of the molecule is Cc1ccc2c(c1)C(C)(c1ccccc1)c1cc(C#N)ccc1-2. The molecular weight excluding hydrogens is 278 g/mol. The van der Waals surface area contributed by atoms with Crippen molar-refractivity contribution in [2.45, 2.75) is 19.3 Å². The van der Waals surface area contributed by atoms with E-state index in [-0.39, 0.29) is 5.41 Å². The number of aryl methyl sites for hydroxylation is 1. The molecule has 0 heterocycles. The Morgan fingerprint density at radius 1 is 0.826 bits per heavy atom. The largest absolute Gasteiger partial charge is 0.192 e. The van der Waals surface area contributed by atoms with Crippen molar-refractivity contribution in [1.82, 2.24) is 0 Å². The van der Waals surface area contributed by atoms with Crippen LogP contribution in [0.25, 0.3) is 11.1 Å². The molecule has 0 saturated heterocycles. The second kappa shape index (κ2) is 4.83. The predicted octanol–water partition coefficient (Wildman–Crippen LogP) is 5.20. The standard InChI is InChI=1S/C22H17N/c1-15-8-10-18-19-11-9-16(14-23)13-21(19)22(2,20(18)12-15)17-6-4-3-5-7-17/h3-13H,1-2H3. The third kappa shape index (κ3) is 1.85. The van der Waals surface area contributed by atoms with E-state index in [1.165, 1.54) is 33.4 Å². The Morgan fingerprint density at radius 2 is 1.48 bits per heavy atom. The molecule has 0 radical (unpaired) electrons. The molecule has 0 spiro atoms. The van der Waals surface area contributed by atoms with Crippen LogP contribution >= 0.6 is 0 Å². The minimum Gasteiger partial charge on any atom is -0.192 e. The van der Waals surface area contributed by atoms with Gasteiger partial charge in [0.2, 0.25) is 0 Å². The van der Waals surface area contributed by atoms with Crippen LogP contribution in [0.3, 0.4) is 0 Å². The lowest BCUT2D eigenvalue weighted by Crippen LogP contribution is -2.22. The highest BCUT2D eigenvalue weighted by Gasteiger charge is 2.40. The summed E-state index contributed by atoms with van der Waals surface area (Å²) in [6.45, 7) is 4.41. The fourth-order valence-corrected chi connectivity index (χ4v) is 3.80. The van der Waals surface area contributed by atoms with Crippen LogP contribution < -0.4 is 0 Å². The average Bonchev–Trinajstić information content (AvgIpc) is 2.85. The number of hydrogen-bond donors (Lipinski definition) is 0. The van der Waals surface area contributed by atoms with E-state index in [0.29, 0.717) is 0 Å². The van der Waals surface area contributed by atoms with Crippen LogP contribution in [0, 0.1) is 18.3 Å². The molecule has 1 aliphatic carbocycles. The van der Waals surface area contributed by atoms with Crippen LogP contribution in [0.4, 0.5) is 0 Å². The van der Waals surface area contributed by atoms with E-state index in [9.17, 15) is 5.26 Å². The number of benzene rings is 3. The van der Waals surface area contributed by atoms with E-state index in [1.54, 1.807) is 0 Å². The summed E-state index contributed by atoms with van der Waals surface area (Å²) in [5.41, 5.74) is 8.10. The quantitative estimate of drug-likeness (QED) is 0.605. The predicted molar refractivity (Wildman–Crippen MR) is 93.3 cm³/mol. The first-order valence-corrected chi connectivity index (χ1v) is 7.86. The molecule has 0 aromatic heterocycles. The summed E-state index contributed by atoms with van der Waals surface area (Å²) in [5, 5.41) is 9.32. The van der Waals surface area contributed by atoms with Crippen LogP contribution in [0.1, 0.15) is 34.7 Å². The van der Waals surface area contributed by atoms with E-state index in [0.717, 1.165) is 5.56 Å². The maximum absolute atomic E-state index is 9.32. The van der Waals surface area contributed by atoms with Crippen molar-refractivity contribution in [3.05, 3.63) is 94.5 Å².